The Morgan fingerprint density at radius 3 is 2.76 bits per heavy atom. The summed E-state index contributed by atoms with van der Waals surface area (Å²) in [4.78, 5) is 44.7. The Balaban J connectivity index is 2.17. The lowest BCUT2D eigenvalue weighted by Crippen LogP contribution is -2.52. The average Bonchev–Trinajstić information content (AvgIpc) is 2.42. The number of hydrogen-bond acceptors (Lipinski definition) is 6. The molecule has 1 aliphatic heterocycles. The van der Waals surface area contributed by atoms with Crippen LogP contribution >= 0.6 is 0 Å². The van der Waals surface area contributed by atoms with Crippen molar-refractivity contribution in [1.29, 1.82) is 0 Å². The number of carbonyl (C=O) groups is 3. The molecule has 21 heavy (non-hydrogen) atoms. The third kappa shape index (κ3) is 3.14. The Bertz CT molecular complexity index is 643. The first-order chi connectivity index (χ1) is 9.88. The lowest BCUT2D eigenvalue weighted by atomic mass is 10.0. The largest absolute Gasteiger partial charge is 0.398 e. The zero-order valence-electron chi connectivity index (χ0n) is 10.8. The van der Waals surface area contributed by atoms with Gasteiger partial charge in [-0.2, -0.15) is 0 Å². The number of benzene rings is 1. The van der Waals surface area contributed by atoms with Gasteiger partial charge < -0.3 is 11.1 Å². The molecule has 4 N–H and O–H groups in total. The monoisotopic (exact) mass is 292 g/mol. The van der Waals surface area contributed by atoms with Crippen LogP contribution in [-0.2, 0) is 9.59 Å². The molecule has 0 spiro atoms. The summed E-state index contributed by atoms with van der Waals surface area (Å²) in [7, 11) is 0. The fraction of sp³-hybridized carbons (Fsp3) is 0.250. The lowest BCUT2D eigenvalue weighted by molar-refractivity contribution is -0.384. The molecule has 1 heterocycles. The van der Waals surface area contributed by atoms with Gasteiger partial charge in [-0.05, 0) is 12.5 Å². The van der Waals surface area contributed by atoms with E-state index in [0.717, 1.165) is 6.07 Å². The standard InChI is InChI=1S/C12H12N4O5/c13-8-2-1-6(16(20)21)5-7(8)11(18)14-9-3-4-10(17)15-12(9)19/h1-2,5,9H,3-4,13H2,(H,14,18)(H,15,17,19). The maximum absolute atomic E-state index is 12.1. The molecule has 0 saturated carbocycles. The zero-order chi connectivity index (χ0) is 15.6. The van der Waals surface area contributed by atoms with E-state index in [1.165, 1.54) is 12.1 Å². The zero-order valence-corrected chi connectivity index (χ0v) is 10.8. The van der Waals surface area contributed by atoms with Crippen molar-refractivity contribution in [3.05, 3.63) is 33.9 Å². The molecule has 1 saturated heterocycles. The number of nitrogens with zero attached hydrogens (tertiary/aromatic N) is 1. The summed E-state index contributed by atoms with van der Waals surface area (Å²) in [6, 6.07) is 2.60. The molecule has 1 aromatic carbocycles. The quantitative estimate of drug-likeness (QED) is 0.302. The first kappa shape index (κ1) is 14.4. The summed E-state index contributed by atoms with van der Waals surface area (Å²) in [6.45, 7) is 0. The summed E-state index contributed by atoms with van der Waals surface area (Å²) in [5.74, 6) is -1.71. The Kier molecular flexibility index (Phi) is 3.83. The number of rotatable bonds is 3. The van der Waals surface area contributed by atoms with Crippen LogP contribution in [0.5, 0.6) is 0 Å². The molecule has 2 rings (SSSR count). The van der Waals surface area contributed by atoms with E-state index in [0.29, 0.717) is 0 Å². The summed E-state index contributed by atoms with van der Waals surface area (Å²) in [5, 5.41) is 15.2. The maximum atomic E-state index is 12.1. The Morgan fingerprint density at radius 2 is 2.14 bits per heavy atom. The predicted octanol–water partition coefficient (Wildman–Crippen LogP) is -0.288. The van der Waals surface area contributed by atoms with Crippen LogP contribution in [0, 0.1) is 10.1 Å². The van der Waals surface area contributed by atoms with E-state index in [4.69, 9.17) is 5.73 Å². The van der Waals surface area contributed by atoms with Crippen molar-refractivity contribution in [2.75, 3.05) is 5.73 Å². The molecule has 9 heteroatoms. The van der Waals surface area contributed by atoms with Gasteiger partial charge in [0.05, 0.1) is 10.5 Å². The molecule has 110 valence electrons. The highest BCUT2D eigenvalue weighted by atomic mass is 16.6. The van der Waals surface area contributed by atoms with E-state index in [1.807, 2.05) is 0 Å². The van der Waals surface area contributed by atoms with Crippen LogP contribution in [0.1, 0.15) is 23.2 Å². The van der Waals surface area contributed by atoms with Gasteiger partial charge in [0.15, 0.2) is 0 Å². The molecule has 1 atom stereocenters. The number of nitrogens with two attached hydrogens (primary N) is 1. The van der Waals surface area contributed by atoms with Gasteiger partial charge >= 0.3 is 0 Å². The first-order valence-corrected chi connectivity index (χ1v) is 6.07. The van der Waals surface area contributed by atoms with Crippen LogP contribution in [0.15, 0.2) is 18.2 Å². The highest BCUT2D eigenvalue weighted by Crippen LogP contribution is 2.20. The fourth-order valence-electron chi connectivity index (χ4n) is 1.92. The maximum Gasteiger partial charge on any atom is 0.270 e. The highest BCUT2D eigenvalue weighted by Gasteiger charge is 2.28. The summed E-state index contributed by atoms with van der Waals surface area (Å²) >= 11 is 0. The van der Waals surface area contributed by atoms with Crippen LogP contribution in [-0.4, -0.2) is 28.7 Å². The predicted molar refractivity (Wildman–Crippen MR) is 71.1 cm³/mol. The third-order valence-corrected chi connectivity index (χ3v) is 3.04. The van der Waals surface area contributed by atoms with Gasteiger partial charge in [0.1, 0.15) is 6.04 Å². The van der Waals surface area contributed by atoms with Gasteiger partial charge in [-0.15, -0.1) is 0 Å². The normalized spacial score (nSPS) is 18.0. The number of nitro benzene ring substituents is 1. The number of piperidine rings is 1. The number of amides is 3. The van der Waals surface area contributed by atoms with E-state index in [1.54, 1.807) is 0 Å². The van der Waals surface area contributed by atoms with E-state index in [-0.39, 0.29) is 29.8 Å². The van der Waals surface area contributed by atoms with Crippen LogP contribution in [0.25, 0.3) is 0 Å². The average molecular weight is 292 g/mol. The Labute approximate surface area is 118 Å². The summed E-state index contributed by atoms with van der Waals surface area (Å²) in [6.07, 6.45) is 0.284. The van der Waals surface area contributed by atoms with Crippen molar-refractivity contribution in [2.45, 2.75) is 18.9 Å². The molecule has 0 aliphatic carbocycles. The number of non-ortho nitro benzene ring substituents is 1. The lowest BCUT2D eigenvalue weighted by Gasteiger charge is -2.22. The minimum absolute atomic E-state index is 0.0605. The van der Waals surface area contributed by atoms with E-state index in [2.05, 4.69) is 10.6 Å². The molecular formula is C12H12N4O5. The minimum atomic E-state index is -0.867. The van der Waals surface area contributed by atoms with Crippen LogP contribution < -0.4 is 16.4 Å². The molecular weight excluding hydrogens is 280 g/mol. The SMILES string of the molecule is Nc1ccc([N+](=O)[O-])cc1C(=O)NC1CCC(=O)NC1=O. The van der Waals surface area contributed by atoms with Gasteiger partial charge in [-0.1, -0.05) is 0 Å². The second-order valence-electron chi connectivity index (χ2n) is 4.51. The van der Waals surface area contributed by atoms with Crippen molar-refractivity contribution in [3.8, 4) is 0 Å². The van der Waals surface area contributed by atoms with E-state index >= 15 is 0 Å². The molecule has 9 nitrogen and oxygen atoms in total. The van der Waals surface area contributed by atoms with Crippen molar-refractivity contribution >= 4 is 29.1 Å². The van der Waals surface area contributed by atoms with Gasteiger partial charge in [0.2, 0.25) is 11.8 Å². The fourth-order valence-corrected chi connectivity index (χ4v) is 1.92. The minimum Gasteiger partial charge on any atom is -0.398 e. The summed E-state index contributed by atoms with van der Waals surface area (Å²) in [5.41, 5.74) is 5.31. The number of nitrogens with one attached hydrogen (secondary N) is 2. The first-order valence-electron chi connectivity index (χ1n) is 6.07. The molecule has 0 radical (unpaired) electrons. The van der Waals surface area contributed by atoms with Crippen molar-refractivity contribution in [3.63, 3.8) is 0 Å². The molecule has 1 aromatic rings. The topological polar surface area (TPSA) is 144 Å². The van der Waals surface area contributed by atoms with Gasteiger partial charge in [0.25, 0.3) is 11.6 Å². The Morgan fingerprint density at radius 1 is 1.43 bits per heavy atom. The highest BCUT2D eigenvalue weighted by molar-refractivity contribution is 6.05. The van der Waals surface area contributed by atoms with Crippen molar-refractivity contribution in [1.82, 2.24) is 10.6 Å². The number of anilines is 1. The number of nitro groups is 1. The summed E-state index contributed by atoms with van der Waals surface area (Å²) < 4.78 is 0. The van der Waals surface area contributed by atoms with Crippen molar-refractivity contribution < 1.29 is 19.3 Å². The smallest absolute Gasteiger partial charge is 0.270 e. The Hall–Kier alpha value is -2.97. The van der Waals surface area contributed by atoms with Gasteiger partial charge in [0, 0.05) is 24.2 Å². The molecule has 1 fully saturated rings. The molecule has 0 aromatic heterocycles. The third-order valence-electron chi connectivity index (χ3n) is 3.04. The van der Waals surface area contributed by atoms with Gasteiger partial charge in [-0.25, -0.2) is 0 Å². The van der Waals surface area contributed by atoms with E-state index < -0.39 is 28.7 Å². The van der Waals surface area contributed by atoms with Crippen LogP contribution in [0.3, 0.4) is 0 Å². The molecule has 1 unspecified atom stereocenters. The van der Waals surface area contributed by atoms with Crippen LogP contribution in [0.4, 0.5) is 11.4 Å². The number of hydrogen-bond donors (Lipinski definition) is 3. The number of nitrogen functional groups attached to an aromatic ring is 1. The van der Waals surface area contributed by atoms with Crippen LogP contribution in [0.2, 0.25) is 0 Å². The number of imide groups is 1. The molecule has 3 amide bonds. The number of carbonyl (C=O) groups excluding carboxylic acids is 3. The second kappa shape index (κ2) is 5.57. The molecule has 1 aliphatic rings. The van der Waals surface area contributed by atoms with Crippen molar-refractivity contribution in [2.24, 2.45) is 0 Å². The van der Waals surface area contributed by atoms with Gasteiger partial charge in [-0.3, -0.25) is 29.8 Å². The molecule has 0 bridgehead atoms. The second-order valence-corrected chi connectivity index (χ2v) is 4.51. The van der Waals surface area contributed by atoms with E-state index in [9.17, 15) is 24.5 Å².